The topological polar surface area (TPSA) is 134 Å². The third kappa shape index (κ3) is 4.77. The lowest BCUT2D eigenvalue weighted by molar-refractivity contribution is -0.139. The molecule has 2 unspecified atom stereocenters. The number of hydrogen-bond donors (Lipinski definition) is 5. The van der Waals surface area contributed by atoms with Gasteiger partial charge < -0.3 is 26.8 Å². The van der Waals surface area contributed by atoms with Crippen molar-refractivity contribution in [3.63, 3.8) is 0 Å². The first-order valence-corrected chi connectivity index (χ1v) is 9.92. The third-order valence-electron chi connectivity index (χ3n) is 4.86. The maximum atomic E-state index is 12.5. The maximum absolute atomic E-state index is 12.5. The molecule has 158 valence electrons. The van der Waals surface area contributed by atoms with Crippen LogP contribution in [0.25, 0.3) is 0 Å². The van der Waals surface area contributed by atoms with Gasteiger partial charge in [-0.05, 0) is 36.1 Å². The highest BCUT2D eigenvalue weighted by Crippen LogP contribution is 2.31. The van der Waals surface area contributed by atoms with Crippen LogP contribution in [-0.2, 0) is 11.2 Å². The molecule has 2 aromatic rings. The summed E-state index contributed by atoms with van der Waals surface area (Å²) in [7, 11) is 0. The fourth-order valence-electron chi connectivity index (χ4n) is 3.32. The monoisotopic (exact) mass is 450 g/mol. The first-order valence-electron chi connectivity index (χ1n) is 9.17. The van der Waals surface area contributed by atoms with Gasteiger partial charge >= 0.3 is 12.0 Å². The van der Waals surface area contributed by atoms with Crippen LogP contribution in [0.3, 0.4) is 0 Å². The van der Waals surface area contributed by atoms with Crippen molar-refractivity contribution >= 4 is 46.8 Å². The predicted octanol–water partition coefficient (Wildman–Crippen LogP) is 2.75. The minimum absolute atomic E-state index is 0.0291. The van der Waals surface area contributed by atoms with E-state index in [4.69, 9.17) is 28.9 Å². The number of rotatable bonds is 6. The Bertz CT molecular complexity index is 999. The smallest absolute Gasteiger partial charge is 0.328 e. The summed E-state index contributed by atoms with van der Waals surface area (Å²) in [6.45, 7) is -0.334. The summed E-state index contributed by atoms with van der Waals surface area (Å²) in [6, 6.07) is 8.56. The summed E-state index contributed by atoms with van der Waals surface area (Å²) in [5.41, 5.74) is 7.90. The van der Waals surface area contributed by atoms with Gasteiger partial charge in [0.05, 0.1) is 33.9 Å². The van der Waals surface area contributed by atoms with Crippen LogP contribution in [0.5, 0.6) is 0 Å². The Balaban J connectivity index is 1.60. The van der Waals surface area contributed by atoms with Crippen molar-refractivity contribution in [2.24, 2.45) is 0 Å². The number of anilines is 1. The minimum Gasteiger partial charge on any atom is -0.480 e. The molecule has 0 bridgehead atoms. The van der Waals surface area contributed by atoms with Gasteiger partial charge in [0.2, 0.25) is 0 Å². The molecule has 0 aliphatic heterocycles. The van der Waals surface area contributed by atoms with Gasteiger partial charge in [-0.25, -0.2) is 9.59 Å². The van der Waals surface area contributed by atoms with Crippen LogP contribution in [0.2, 0.25) is 10.0 Å². The molecule has 0 saturated carbocycles. The third-order valence-corrected chi connectivity index (χ3v) is 5.58. The number of fused-ring (bicyclic) bond motifs is 1. The van der Waals surface area contributed by atoms with E-state index in [-0.39, 0.29) is 33.9 Å². The van der Waals surface area contributed by atoms with Crippen LogP contribution >= 0.6 is 23.2 Å². The molecule has 0 saturated heterocycles. The number of nitrogens with two attached hydrogens (primary N) is 1. The molecule has 1 aliphatic carbocycles. The highest BCUT2D eigenvalue weighted by Gasteiger charge is 2.26. The van der Waals surface area contributed by atoms with E-state index >= 15 is 0 Å². The van der Waals surface area contributed by atoms with E-state index in [0.29, 0.717) is 0 Å². The minimum atomic E-state index is -1.40. The number of carboxylic acid groups (broad SMARTS) is 1. The van der Waals surface area contributed by atoms with Gasteiger partial charge in [0.1, 0.15) is 6.04 Å². The molecule has 3 rings (SSSR count). The molecule has 0 radical (unpaired) electrons. The van der Waals surface area contributed by atoms with Crippen LogP contribution in [0.1, 0.15) is 33.9 Å². The number of carbonyl (C=O) groups is 3. The highest BCUT2D eigenvalue weighted by molar-refractivity contribution is 6.41. The Kier molecular flexibility index (Phi) is 6.69. The number of aryl methyl sites for hydroxylation is 1. The van der Waals surface area contributed by atoms with Crippen LogP contribution < -0.4 is 21.7 Å². The molecule has 0 heterocycles. The molecule has 1 aliphatic rings. The van der Waals surface area contributed by atoms with E-state index in [2.05, 4.69) is 16.0 Å². The lowest BCUT2D eigenvalue weighted by Gasteiger charge is -2.19. The average molecular weight is 451 g/mol. The van der Waals surface area contributed by atoms with Crippen molar-refractivity contribution < 1.29 is 19.5 Å². The number of hydrogen-bond acceptors (Lipinski definition) is 4. The van der Waals surface area contributed by atoms with Gasteiger partial charge in [0.15, 0.2) is 0 Å². The predicted molar refractivity (Wildman–Crippen MR) is 114 cm³/mol. The van der Waals surface area contributed by atoms with Crippen molar-refractivity contribution in [1.29, 1.82) is 0 Å². The van der Waals surface area contributed by atoms with Gasteiger partial charge in [-0.2, -0.15) is 0 Å². The van der Waals surface area contributed by atoms with Gasteiger partial charge in [0.25, 0.3) is 5.91 Å². The van der Waals surface area contributed by atoms with E-state index < -0.39 is 23.9 Å². The highest BCUT2D eigenvalue weighted by atomic mass is 35.5. The number of nitrogens with one attached hydrogen (secondary N) is 3. The van der Waals surface area contributed by atoms with Crippen LogP contribution in [-0.4, -0.2) is 35.6 Å². The molecule has 2 aromatic carbocycles. The summed E-state index contributed by atoms with van der Waals surface area (Å²) in [5, 5.41) is 17.0. The fourth-order valence-corrected chi connectivity index (χ4v) is 3.86. The summed E-state index contributed by atoms with van der Waals surface area (Å²) in [5.74, 6) is -2.14. The van der Waals surface area contributed by atoms with E-state index in [0.717, 1.165) is 18.4 Å². The van der Waals surface area contributed by atoms with Crippen molar-refractivity contribution in [1.82, 2.24) is 16.0 Å². The second kappa shape index (κ2) is 9.23. The van der Waals surface area contributed by atoms with Gasteiger partial charge in [-0.3, -0.25) is 4.79 Å². The Morgan fingerprint density at radius 3 is 2.63 bits per heavy atom. The zero-order valence-corrected chi connectivity index (χ0v) is 17.3. The van der Waals surface area contributed by atoms with Crippen LogP contribution in [0.4, 0.5) is 10.5 Å². The lowest BCUT2D eigenvalue weighted by atomic mass is 10.1. The summed E-state index contributed by atoms with van der Waals surface area (Å²) >= 11 is 12.0. The Hall–Kier alpha value is -2.97. The normalized spacial score (nSPS) is 15.7. The molecular weight excluding hydrogens is 431 g/mol. The largest absolute Gasteiger partial charge is 0.480 e. The van der Waals surface area contributed by atoms with Crippen molar-refractivity contribution in [2.45, 2.75) is 24.9 Å². The molecular formula is C20H20Cl2N4O4. The second-order valence-corrected chi connectivity index (χ2v) is 7.62. The first-order chi connectivity index (χ1) is 14.3. The van der Waals surface area contributed by atoms with Crippen molar-refractivity contribution in [3.05, 3.63) is 63.1 Å². The van der Waals surface area contributed by atoms with E-state index in [1.165, 1.54) is 17.7 Å². The summed E-state index contributed by atoms with van der Waals surface area (Å²) < 4.78 is 0. The molecule has 0 fully saturated rings. The van der Waals surface area contributed by atoms with Crippen LogP contribution in [0.15, 0.2) is 36.4 Å². The fraction of sp³-hybridized carbons (Fsp3) is 0.250. The molecule has 10 heteroatoms. The van der Waals surface area contributed by atoms with Crippen LogP contribution in [0, 0.1) is 0 Å². The van der Waals surface area contributed by atoms with Gasteiger partial charge in [-0.1, -0.05) is 47.5 Å². The number of aliphatic carboxylic acids is 1. The Labute approximate surface area is 182 Å². The van der Waals surface area contributed by atoms with E-state index in [1.807, 2.05) is 24.3 Å². The van der Waals surface area contributed by atoms with Gasteiger partial charge in [-0.15, -0.1) is 0 Å². The first kappa shape index (κ1) is 21.7. The number of carboxylic acids is 1. The summed E-state index contributed by atoms with van der Waals surface area (Å²) in [4.78, 5) is 36.3. The zero-order chi connectivity index (χ0) is 21.8. The number of carbonyl (C=O) groups excluding carboxylic acids is 2. The molecule has 0 aromatic heterocycles. The number of benzene rings is 2. The van der Waals surface area contributed by atoms with Crippen molar-refractivity contribution in [2.75, 3.05) is 12.3 Å². The standard InChI is InChI=1S/C20H20Cl2N4O4/c21-12-6-7-13(23)17(22)16(12)18(27)25-15(19(28)29)9-24-20(30)26-14-8-5-10-3-1-2-4-11(10)14/h1-4,6-7,14-15H,5,8-9,23H2,(H,25,27)(H,28,29)(H2,24,26,30). The lowest BCUT2D eigenvalue weighted by Crippen LogP contribution is -2.50. The maximum Gasteiger partial charge on any atom is 0.328 e. The molecule has 6 N–H and O–H groups in total. The zero-order valence-electron chi connectivity index (χ0n) is 15.7. The quantitative estimate of drug-likeness (QED) is 0.431. The van der Waals surface area contributed by atoms with Gasteiger partial charge in [0, 0.05) is 0 Å². The van der Waals surface area contributed by atoms with Crippen molar-refractivity contribution in [3.8, 4) is 0 Å². The molecule has 2 atom stereocenters. The number of urea groups is 1. The van der Waals surface area contributed by atoms with E-state index in [1.54, 1.807) is 0 Å². The number of amides is 3. The average Bonchev–Trinajstić information content (AvgIpc) is 3.11. The SMILES string of the molecule is Nc1ccc(Cl)c(C(=O)NC(CNC(=O)NC2CCc3ccccc32)C(=O)O)c1Cl. The number of nitrogen functional groups attached to an aromatic ring is 1. The molecule has 3 amide bonds. The molecule has 8 nitrogen and oxygen atoms in total. The van der Waals surface area contributed by atoms with E-state index in [9.17, 15) is 19.5 Å². The molecule has 30 heavy (non-hydrogen) atoms. The second-order valence-electron chi connectivity index (χ2n) is 6.83. The summed E-state index contributed by atoms with van der Waals surface area (Å²) in [6.07, 6.45) is 1.62. The number of halogens is 2. The Morgan fingerprint density at radius 1 is 1.17 bits per heavy atom. The molecule has 0 spiro atoms. The Morgan fingerprint density at radius 2 is 1.90 bits per heavy atom.